The number of benzene rings is 1. The van der Waals surface area contributed by atoms with Crippen molar-refractivity contribution < 1.29 is 18.7 Å². The molecular formula is C27H34FN5O3. The van der Waals surface area contributed by atoms with Gasteiger partial charge in [0.1, 0.15) is 6.33 Å². The number of piperidine rings is 1. The van der Waals surface area contributed by atoms with E-state index in [9.17, 15) is 4.79 Å². The van der Waals surface area contributed by atoms with E-state index >= 15 is 4.39 Å². The summed E-state index contributed by atoms with van der Waals surface area (Å²) < 4.78 is 27.4. The number of carbonyl (C=O) groups is 1. The molecule has 0 aliphatic carbocycles. The standard InChI is InChI=1S/C27H34FN5O3/c1-17(2)33(21-12-18-6-7-22(21)35-18)26(34)19-4-3-5-20(28)24(19)36-23-13-30-16-31-25(23)32-14-27(15-32)8-10-29-11-9-27/h3-5,13,16-18,21-22,29H,6-12,14-15H2,1-2H3/t18-,21+,22+/m0/s1. The molecule has 2 bridgehead atoms. The molecule has 4 saturated heterocycles. The molecule has 0 radical (unpaired) electrons. The molecule has 1 spiro atoms. The number of nitrogens with one attached hydrogen (secondary N) is 1. The van der Waals surface area contributed by atoms with Gasteiger partial charge in [0, 0.05) is 24.5 Å². The van der Waals surface area contributed by atoms with Crippen LogP contribution < -0.4 is 15.0 Å². The third-order valence-corrected chi connectivity index (χ3v) is 8.31. The molecule has 5 heterocycles. The maximum absolute atomic E-state index is 15.2. The Bertz CT molecular complexity index is 1130. The topological polar surface area (TPSA) is 79.8 Å². The van der Waals surface area contributed by atoms with Crippen LogP contribution >= 0.6 is 0 Å². The summed E-state index contributed by atoms with van der Waals surface area (Å²) in [5, 5.41) is 3.42. The molecule has 36 heavy (non-hydrogen) atoms. The molecule has 1 aromatic carbocycles. The van der Waals surface area contributed by atoms with Crippen LogP contribution in [0, 0.1) is 11.2 Å². The van der Waals surface area contributed by atoms with Crippen molar-refractivity contribution in [2.75, 3.05) is 31.1 Å². The van der Waals surface area contributed by atoms with Gasteiger partial charge in [0.15, 0.2) is 23.1 Å². The Hall–Kier alpha value is -2.78. The molecule has 3 atom stereocenters. The summed E-state index contributed by atoms with van der Waals surface area (Å²) >= 11 is 0. The summed E-state index contributed by atoms with van der Waals surface area (Å²) in [7, 11) is 0. The van der Waals surface area contributed by atoms with Crippen LogP contribution in [0.15, 0.2) is 30.7 Å². The van der Waals surface area contributed by atoms with Gasteiger partial charge in [-0.25, -0.2) is 14.4 Å². The molecular weight excluding hydrogens is 461 g/mol. The summed E-state index contributed by atoms with van der Waals surface area (Å²) in [6, 6.07) is 4.46. The van der Waals surface area contributed by atoms with E-state index < -0.39 is 5.82 Å². The number of para-hydroxylation sites is 1. The third kappa shape index (κ3) is 4.12. The lowest BCUT2D eigenvalue weighted by Gasteiger charge is -2.53. The molecule has 2 aromatic rings. The zero-order chi connectivity index (χ0) is 24.9. The summed E-state index contributed by atoms with van der Waals surface area (Å²) in [6.45, 7) is 7.82. The Labute approximate surface area is 211 Å². The highest BCUT2D eigenvalue weighted by Crippen LogP contribution is 2.44. The van der Waals surface area contributed by atoms with Crippen LogP contribution in [0.5, 0.6) is 11.5 Å². The first-order chi connectivity index (χ1) is 17.4. The minimum Gasteiger partial charge on any atom is -0.448 e. The van der Waals surface area contributed by atoms with Crippen LogP contribution in [0.3, 0.4) is 0 Å². The number of rotatable bonds is 6. The lowest BCUT2D eigenvalue weighted by atomic mass is 9.72. The second-order valence-electron chi connectivity index (χ2n) is 11.0. The fraction of sp³-hybridized carbons (Fsp3) is 0.593. The van der Waals surface area contributed by atoms with E-state index in [1.807, 2.05) is 18.7 Å². The van der Waals surface area contributed by atoms with Gasteiger partial charge in [-0.15, -0.1) is 0 Å². The van der Waals surface area contributed by atoms with Crippen molar-refractivity contribution in [3.05, 3.63) is 42.1 Å². The highest BCUT2D eigenvalue weighted by atomic mass is 19.1. The normalized spacial score (nSPS) is 26.3. The highest BCUT2D eigenvalue weighted by molar-refractivity contribution is 5.97. The number of halogens is 1. The van der Waals surface area contributed by atoms with Crippen molar-refractivity contribution in [1.29, 1.82) is 0 Å². The van der Waals surface area contributed by atoms with Gasteiger partial charge in [-0.3, -0.25) is 4.79 Å². The number of carbonyl (C=O) groups excluding carboxylic acids is 1. The molecule has 1 N–H and O–H groups in total. The van der Waals surface area contributed by atoms with Gasteiger partial charge in [-0.1, -0.05) is 6.07 Å². The van der Waals surface area contributed by atoms with Crippen molar-refractivity contribution in [1.82, 2.24) is 20.2 Å². The van der Waals surface area contributed by atoms with Crippen LogP contribution in [-0.4, -0.2) is 71.2 Å². The van der Waals surface area contributed by atoms with E-state index in [1.54, 1.807) is 18.3 Å². The Balaban J connectivity index is 1.27. The molecule has 0 saturated carbocycles. The van der Waals surface area contributed by atoms with E-state index in [-0.39, 0.29) is 41.5 Å². The van der Waals surface area contributed by atoms with Crippen molar-refractivity contribution in [3.8, 4) is 11.5 Å². The highest BCUT2D eigenvalue weighted by Gasteiger charge is 2.47. The SMILES string of the molecule is CC(C)N(C(=O)c1cccc(F)c1Oc1cncnc1N1CC2(CCNCC2)C1)[C@@H]1C[C@@H]2CC[C@H]1O2. The molecule has 8 nitrogen and oxygen atoms in total. The lowest BCUT2D eigenvalue weighted by Crippen LogP contribution is -2.60. The van der Waals surface area contributed by atoms with Gasteiger partial charge < -0.3 is 24.6 Å². The molecule has 4 fully saturated rings. The first-order valence-electron chi connectivity index (χ1n) is 13.1. The predicted molar refractivity (Wildman–Crippen MR) is 133 cm³/mol. The van der Waals surface area contributed by atoms with Crippen molar-refractivity contribution in [2.24, 2.45) is 5.41 Å². The Morgan fingerprint density at radius 1 is 1.28 bits per heavy atom. The van der Waals surface area contributed by atoms with E-state index in [0.29, 0.717) is 17.0 Å². The Morgan fingerprint density at radius 2 is 2.08 bits per heavy atom. The molecule has 1 amide bonds. The number of hydrogen-bond donors (Lipinski definition) is 1. The molecule has 192 valence electrons. The van der Waals surface area contributed by atoms with Crippen LogP contribution in [-0.2, 0) is 4.74 Å². The number of fused-ring (bicyclic) bond motifs is 2. The zero-order valence-electron chi connectivity index (χ0n) is 21.0. The summed E-state index contributed by atoms with van der Waals surface area (Å²) in [5.41, 5.74) is 0.507. The monoisotopic (exact) mass is 495 g/mol. The average Bonchev–Trinajstić information content (AvgIpc) is 3.48. The van der Waals surface area contributed by atoms with Gasteiger partial charge in [-0.2, -0.15) is 0 Å². The third-order valence-electron chi connectivity index (χ3n) is 8.31. The zero-order valence-corrected chi connectivity index (χ0v) is 21.0. The van der Waals surface area contributed by atoms with E-state index in [0.717, 1.165) is 58.3 Å². The minimum absolute atomic E-state index is 0.00903. The smallest absolute Gasteiger partial charge is 0.258 e. The maximum atomic E-state index is 15.2. The number of nitrogens with zero attached hydrogens (tertiary/aromatic N) is 4. The van der Waals surface area contributed by atoms with Gasteiger partial charge in [-0.05, 0) is 71.2 Å². The first-order valence-corrected chi connectivity index (χ1v) is 13.1. The lowest BCUT2D eigenvalue weighted by molar-refractivity contribution is 0.0413. The second kappa shape index (κ2) is 9.27. The first kappa shape index (κ1) is 23.6. The largest absolute Gasteiger partial charge is 0.448 e. The number of aromatic nitrogens is 2. The predicted octanol–water partition coefficient (Wildman–Crippen LogP) is 3.77. The van der Waals surface area contributed by atoms with Crippen LogP contribution in [0.2, 0.25) is 0 Å². The molecule has 6 rings (SSSR count). The van der Waals surface area contributed by atoms with Gasteiger partial charge in [0.2, 0.25) is 0 Å². The van der Waals surface area contributed by atoms with Crippen molar-refractivity contribution >= 4 is 11.7 Å². The van der Waals surface area contributed by atoms with Gasteiger partial charge in [0.25, 0.3) is 5.91 Å². The number of amides is 1. The second-order valence-corrected chi connectivity index (χ2v) is 11.0. The summed E-state index contributed by atoms with van der Waals surface area (Å²) in [5.74, 6) is 0.0989. The molecule has 0 unspecified atom stereocenters. The van der Waals surface area contributed by atoms with Crippen LogP contribution in [0.25, 0.3) is 0 Å². The maximum Gasteiger partial charge on any atom is 0.258 e. The summed E-state index contributed by atoms with van der Waals surface area (Å²) in [4.78, 5) is 26.5. The fourth-order valence-corrected chi connectivity index (χ4v) is 6.51. The van der Waals surface area contributed by atoms with E-state index in [1.165, 1.54) is 12.4 Å². The quantitative estimate of drug-likeness (QED) is 0.654. The summed E-state index contributed by atoms with van der Waals surface area (Å²) in [6.07, 6.45) is 8.38. The average molecular weight is 496 g/mol. The fourth-order valence-electron chi connectivity index (χ4n) is 6.51. The Kier molecular flexibility index (Phi) is 6.08. The van der Waals surface area contributed by atoms with Crippen LogP contribution in [0.1, 0.15) is 56.3 Å². The molecule has 9 heteroatoms. The minimum atomic E-state index is -0.581. The van der Waals surface area contributed by atoms with Gasteiger partial charge >= 0.3 is 0 Å². The van der Waals surface area contributed by atoms with Gasteiger partial charge in [0.05, 0.1) is 30.0 Å². The molecule has 1 aromatic heterocycles. The Morgan fingerprint density at radius 3 is 2.78 bits per heavy atom. The molecule has 4 aliphatic heterocycles. The van der Waals surface area contributed by atoms with E-state index in [4.69, 9.17) is 9.47 Å². The number of anilines is 1. The van der Waals surface area contributed by atoms with Crippen LogP contribution in [0.4, 0.5) is 10.2 Å². The number of hydrogen-bond acceptors (Lipinski definition) is 7. The van der Waals surface area contributed by atoms with Crippen molar-refractivity contribution in [3.63, 3.8) is 0 Å². The van der Waals surface area contributed by atoms with Crippen molar-refractivity contribution in [2.45, 2.75) is 70.2 Å². The van der Waals surface area contributed by atoms with E-state index in [2.05, 4.69) is 20.2 Å². The number of ether oxygens (including phenoxy) is 2. The molecule has 4 aliphatic rings.